The van der Waals surface area contributed by atoms with Gasteiger partial charge in [0.15, 0.2) is 5.13 Å². The summed E-state index contributed by atoms with van der Waals surface area (Å²) in [6, 6.07) is 0. The van der Waals surface area contributed by atoms with E-state index < -0.39 is 0 Å². The summed E-state index contributed by atoms with van der Waals surface area (Å²) in [5.41, 5.74) is 0. The van der Waals surface area contributed by atoms with Crippen LogP contribution < -0.4 is 4.90 Å². The van der Waals surface area contributed by atoms with Crippen molar-refractivity contribution in [3.05, 3.63) is 10.0 Å². The van der Waals surface area contributed by atoms with E-state index in [-0.39, 0.29) is 0 Å². The van der Waals surface area contributed by atoms with E-state index in [0.717, 1.165) is 22.5 Å². The van der Waals surface area contributed by atoms with E-state index in [0.29, 0.717) is 11.0 Å². The minimum absolute atomic E-state index is 0.452. The molecule has 1 aliphatic rings. The molecule has 1 saturated carbocycles. The van der Waals surface area contributed by atoms with Crippen molar-refractivity contribution in [2.75, 3.05) is 18.5 Å². The van der Waals surface area contributed by atoms with E-state index in [1.165, 1.54) is 32.1 Å². The molecular formula is C12H18Cl2N2S. The zero-order chi connectivity index (χ0) is 12.3. The Morgan fingerprint density at radius 1 is 1.35 bits per heavy atom. The minimum atomic E-state index is 0.452. The molecule has 1 aromatic rings. The molecule has 0 radical (unpaired) electrons. The van der Waals surface area contributed by atoms with Gasteiger partial charge >= 0.3 is 0 Å². The number of thiazole rings is 1. The maximum atomic E-state index is 6.02. The molecule has 5 heteroatoms. The first-order chi connectivity index (χ1) is 8.20. The van der Waals surface area contributed by atoms with Gasteiger partial charge < -0.3 is 4.90 Å². The normalized spacial score (nSPS) is 17.4. The van der Waals surface area contributed by atoms with Crippen LogP contribution in [-0.4, -0.2) is 18.6 Å². The van der Waals surface area contributed by atoms with Crippen LogP contribution in [-0.2, 0) is 5.88 Å². The van der Waals surface area contributed by atoms with E-state index >= 15 is 0 Å². The van der Waals surface area contributed by atoms with Gasteiger partial charge in [0.05, 0.1) is 10.8 Å². The second kappa shape index (κ2) is 6.26. The summed E-state index contributed by atoms with van der Waals surface area (Å²) in [5.74, 6) is 1.27. The van der Waals surface area contributed by atoms with E-state index in [4.69, 9.17) is 23.2 Å². The van der Waals surface area contributed by atoms with Crippen molar-refractivity contribution in [2.24, 2.45) is 5.92 Å². The van der Waals surface area contributed by atoms with Gasteiger partial charge in [-0.1, -0.05) is 42.2 Å². The van der Waals surface area contributed by atoms with Crippen LogP contribution in [0.15, 0.2) is 0 Å². The van der Waals surface area contributed by atoms with Crippen LogP contribution in [0.1, 0.15) is 37.0 Å². The monoisotopic (exact) mass is 292 g/mol. The van der Waals surface area contributed by atoms with Gasteiger partial charge in [0.2, 0.25) is 0 Å². The Morgan fingerprint density at radius 2 is 2.06 bits per heavy atom. The van der Waals surface area contributed by atoms with Crippen LogP contribution in [0.4, 0.5) is 5.13 Å². The molecule has 0 N–H and O–H groups in total. The van der Waals surface area contributed by atoms with Gasteiger partial charge in [-0.25, -0.2) is 4.98 Å². The van der Waals surface area contributed by atoms with Crippen molar-refractivity contribution in [3.63, 3.8) is 0 Å². The summed E-state index contributed by atoms with van der Waals surface area (Å²) in [6.45, 7) is 1.09. The first-order valence-electron chi connectivity index (χ1n) is 6.13. The van der Waals surface area contributed by atoms with Crippen molar-refractivity contribution in [1.82, 2.24) is 4.98 Å². The number of hydrogen-bond acceptors (Lipinski definition) is 3. The molecule has 96 valence electrons. The van der Waals surface area contributed by atoms with E-state index in [1.807, 2.05) is 0 Å². The lowest BCUT2D eigenvalue weighted by molar-refractivity contribution is 0.362. The van der Waals surface area contributed by atoms with Crippen LogP contribution in [0.5, 0.6) is 0 Å². The molecule has 0 spiro atoms. The van der Waals surface area contributed by atoms with E-state index in [2.05, 4.69) is 16.9 Å². The quantitative estimate of drug-likeness (QED) is 0.757. The van der Waals surface area contributed by atoms with Gasteiger partial charge in [0, 0.05) is 13.6 Å². The number of halogens is 2. The fraction of sp³-hybridized carbons (Fsp3) is 0.750. The predicted molar refractivity (Wildman–Crippen MR) is 76.5 cm³/mol. The van der Waals surface area contributed by atoms with Crippen LogP contribution in [0, 0.1) is 5.92 Å². The molecule has 0 bridgehead atoms. The fourth-order valence-electron chi connectivity index (χ4n) is 2.40. The van der Waals surface area contributed by atoms with Crippen molar-refractivity contribution >= 4 is 39.7 Å². The van der Waals surface area contributed by atoms with Gasteiger partial charge in [-0.3, -0.25) is 0 Å². The molecule has 0 amide bonds. The molecule has 1 heterocycles. The molecule has 1 aromatic heterocycles. The molecular weight excluding hydrogens is 275 g/mol. The molecule has 0 saturated heterocycles. The first-order valence-corrected chi connectivity index (χ1v) is 7.86. The lowest BCUT2D eigenvalue weighted by Gasteiger charge is -2.26. The number of hydrogen-bond donors (Lipinski definition) is 0. The van der Waals surface area contributed by atoms with Gasteiger partial charge in [-0.2, -0.15) is 0 Å². The number of rotatable bonds is 4. The number of nitrogens with zero attached hydrogens (tertiary/aromatic N) is 2. The Hall–Kier alpha value is 0.01000. The Bertz CT molecular complexity index is 361. The van der Waals surface area contributed by atoms with Crippen LogP contribution >= 0.6 is 34.5 Å². The van der Waals surface area contributed by atoms with Crippen molar-refractivity contribution < 1.29 is 0 Å². The minimum Gasteiger partial charge on any atom is -0.351 e. The third kappa shape index (κ3) is 3.49. The highest BCUT2D eigenvalue weighted by Gasteiger charge is 2.18. The summed E-state index contributed by atoms with van der Waals surface area (Å²) in [5, 5.41) is 1.56. The number of anilines is 1. The van der Waals surface area contributed by atoms with Crippen molar-refractivity contribution in [1.29, 1.82) is 0 Å². The summed E-state index contributed by atoms with van der Waals surface area (Å²) in [6.07, 6.45) is 6.87. The van der Waals surface area contributed by atoms with Gasteiger partial charge in [0.25, 0.3) is 0 Å². The zero-order valence-electron chi connectivity index (χ0n) is 10.1. The second-order valence-electron chi connectivity index (χ2n) is 4.73. The van der Waals surface area contributed by atoms with E-state index in [1.54, 1.807) is 11.3 Å². The van der Waals surface area contributed by atoms with Crippen LogP contribution in [0.25, 0.3) is 0 Å². The molecule has 1 fully saturated rings. The average Bonchev–Trinajstić information content (AvgIpc) is 2.72. The summed E-state index contributed by atoms with van der Waals surface area (Å²) >= 11 is 13.4. The van der Waals surface area contributed by atoms with Crippen molar-refractivity contribution in [3.8, 4) is 0 Å². The van der Waals surface area contributed by atoms with Crippen LogP contribution in [0.2, 0.25) is 5.15 Å². The highest BCUT2D eigenvalue weighted by molar-refractivity contribution is 7.16. The third-order valence-corrected chi connectivity index (χ3v) is 5.36. The Morgan fingerprint density at radius 3 is 2.65 bits per heavy atom. The Kier molecular flexibility index (Phi) is 4.95. The molecule has 0 atom stereocenters. The molecule has 0 unspecified atom stereocenters. The van der Waals surface area contributed by atoms with Gasteiger partial charge in [-0.15, -0.1) is 11.6 Å². The summed E-state index contributed by atoms with van der Waals surface area (Å²) in [4.78, 5) is 7.57. The molecule has 2 nitrogen and oxygen atoms in total. The van der Waals surface area contributed by atoms with Gasteiger partial charge in [-0.05, 0) is 18.8 Å². The lowest BCUT2D eigenvalue weighted by Crippen LogP contribution is -2.26. The maximum Gasteiger partial charge on any atom is 0.186 e. The van der Waals surface area contributed by atoms with Crippen molar-refractivity contribution in [2.45, 2.75) is 38.0 Å². The topological polar surface area (TPSA) is 16.1 Å². The lowest BCUT2D eigenvalue weighted by atomic mass is 9.89. The third-order valence-electron chi connectivity index (χ3n) is 3.34. The predicted octanol–water partition coefficient (Wildman–Crippen LogP) is 4.55. The summed E-state index contributed by atoms with van der Waals surface area (Å²) in [7, 11) is 2.10. The largest absolute Gasteiger partial charge is 0.351 e. The SMILES string of the molecule is CN(CC1CCCCC1)c1nc(Cl)c(CCl)s1. The van der Waals surface area contributed by atoms with Crippen LogP contribution in [0.3, 0.4) is 0 Å². The number of alkyl halides is 1. The summed E-state index contributed by atoms with van der Waals surface area (Å²) < 4.78 is 0. The Balaban J connectivity index is 1.95. The Labute approximate surface area is 117 Å². The smallest absolute Gasteiger partial charge is 0.186 e. The molecule has 2 rings (SSSR count). The maximum absolute atomic E-state index is 6.02. The molecule has 1 aliphatic carbocycles. The van der Waals surface area contributed by atoms with Gasteiger partial charge in [0.1, 0.15) is 5.15 Å². The molecule has 17 heavy (non-hydrogen) atoms. The number of aromatic nitrogens is 1. The second-order valence-corrected chi connectivity index (χ2v) is 6.42. The zero-order valence-corrected chi connectivity index (χ0v) is 12.4. The molecule has 0 aromatic carbocycles. The fourth-order valence-corrected chi connectivity index (χ4v) is 3.85. The van der Waals surface area contributed by atoms with E-state index in [9.17, 15) is 0 Å². The first kappa shape index (κ1) is 13.4. The highest BCUT2D eigenvalue weighted by atomic mass is 35.5. The molecule has 0 aliphatic heterocycles. The highest BCUT2D eigenvalue weighted by Crippen LogP contribution is 2.32. The standard InChI is InChI=1S/C12H18Cl2N2S/c1-16(8-9-5-3-2-4-6-9)12-15-11(14)10(7-13)17-12/h9H,2-8H2,1H3. The average molecular weight is 293 g/mol.